The highest BCUT2D eigenvalue weighted by molar-refractivity contribution is 6.20. The van der Waals surface area contributed by atoms with E-state index in [0.29, 0.717) is 5.75 Å². The van der Waals surface area contributed by atoms with Gasteiger partial charge in [-0.15, -0.1) is 0 Å². The minimum absolute atomic E-state index is 0.292. The summed E-state index contributed by atoms with van der Waals surface area (Å²) in [4.78, 5) is 16.9. The molecule has 1 aromatic heterocycles. The van der Waals surface area contributed by atoms with Crippen molar-refractivity contribution < 1.29 is 14.6 Å². The number of ether oxygens (including phenoxy) is 1. The molecular formula is C23H26ClN3O3. The zero-order valence-electron chi connectivity index (χ0n) is 17.2. The number of nitrogens with zero attached hydrogens (tertiary/aromatic N) is 2. The molecule has 2 aromatic carbocycles. The monoisotopic (exact) mass is 427 g/mol. The molecule has 7 heteroatoms. The maximum atomic E-state index is 12.8. The van der Waals surface area contributed by atoms with Gasteiger partial charge in [0, 0.05) is 24.9 Å². The SMILES string of the molecule is CNC(=O)C(C(Oc1ccc(-c2ccccc2)cc1)n1ccnc1)C(C)(C)C(O)Cl. The van der Waals surface area contributed by atoms with E-state index in [1.54, 1.807) is 44.2 Å². The summed E-state index contributed by atoms with van der Waals surface area (Å²) in [5.41, 5.74) is -0.0816. The molecule has 1 amide bonds. The Kier molecular flexibility index (Phi) is 6.80. The van der Waals surface area contributed by atoms with Crippen molar-refractivity contribution in [2.24, 2.45) is 11.3 Å². The fraction of sp³-hybridized carbons (Fsp3) is 0.304. The first-order valence-electron chi connectivity index (χ1n) is 9.68. The fourth-order valence-corrected chi connectivity index (χ4v) is 3.49. The predicted molar refractivity (Wildman–Crippen MR) is 117 cm³/mol. The Hall–Kier alpha value is -2.83. The summed E-state index contributed by atoms with van der Waals surface area (Å²) in [7, 11) is 1.55. The van der Waals surface area contributed by atoms with Crippen LogP contribution >= 0.6 is 11.6 Å². The van der Waals surface area contributed by atoms with E-state index in [2.05, 4.69) is 10.3 Å². The third kappa shape index (κ3) is 4.66. The summed E-state index contributed by atoms with van der Waals surface area (Å²) in [6.45, 7) is 3.47. The molecule has 0 fully saturated rings. The van der Waals surface area contributed by atoms with Crippen molar-refractivity contribution in [2.45, 2.75) is 25.6 Å². The van der Waals surface area contributed by atoms with E-state index in [4.69, 9.17) is 16.3 Å². The van der Waals surface area contributed by atoms with Crippen LogP contribution in [0.25, 0.3) is 11.1 Å². The number of amides is 1. The van der Waals surface area contributed by atoms with Gasteiger partial charge in [-0.2, -0.15) is 0 Å². The van der Waals surface area contributed by atoms with Crippen molar-refractivity contribution in [2.75, 3.05) is 7.05 Å². The van der Waals surface area contributed by atoms with E-state index < -0.39 is 23.1 Å². The summed E-state index contributed by atoms with van der Waals surface area (Å²) in [5.74, 6) is -0.501. The number of aliphatic hydroxyl groups excluding tert-OH is 1. The van der Waals surface area contributed by atoms with Crippen LogP contribution in [-0.2, 0) is 4.79 Å². The van der Waals surface area contributed by atoms with Crippen molar-refractivity contribution in [3.8, 4) is 16.9 Å². The Morgan fingerprint density at radius 3 is 2.30 bits per heavy atom. The number of alkyl halides is 1. The number of benzene rings is 2. The van der Waals surface area contributed by atoms with Crippen LogP contribution in [-0.4, -0.2) is 33.2 Å². The molecule has 0 aliphatic heterocycles. The molecule has 0 spiro atoms. The first kappa shape index (κ1) is 21.9. The van der Waals surface area contributed by atoms with Gasteiger partial charge in [0.15, 0.2) is 6.23 Å². The van der Waals surface area contributed by atoms with Crippen LogP contribution in [0.15, 0.2) is 73.3 Å². The fourth-order valence-electron chi connectivity index (χ4n) is 3.36. The van der Waals surface area contributed by atoms with Gasteiger partial charge in [-0.1, -0.05) is 67.9 Å². The van der Waals surface area contributed by atoms with Crippen LogP contribution in [0.2, 0.25) is 0 Å². The number of carbonyl (C=O) groups is 1. The minimum atomic E-state index is -1.25. The number of aromatic nitrogens is 2. The molecule has 0 saturated carbocycles. The summed E-state index contributed by atoms with van der Waals surface area (Å²) in [6.07, 6.45) is 4.14. The zero-order chi connectivity index (χ0) is 21.7. The lowest BCUT2D eigenvalue weighted by molar-refractivity contribution is -0.139. The van der Waals surface area contributed by atoms with E-state index in [1.165, 1.54) is 0 Å². The van der Waals surface area contributed by atoms with Gasteiger partial charge in [-0.05, 0) is 23.3 Å². The molecule has 3 unspecified atom stereocenters. The highest BCUT2D eigenvalue weighted by Crippen LogP contribution is 2.41. The molecule has 3 atom stereocenters. The first-order chi connectivity index (χ1) is 14.3. The lowest BCUT2D eigenvalue weighted by atomic mass is 9.77. The summed E-state index contributed by atoms with van der Waals surface area (Å²) >= 11 is 6.06. The average Bonchev–Trinajstić information content (AvgIpc) is 3.28. The number of hydrogen-bond donors (Lipinski definition) is 2. The lowest BCUT2D eigenvalue weighted by Crippen LogP contribution is -2.48. The molecule has 0 bridgehead atoms. The number of imidazole rings is 1. The highest BCUT2D eigenvalue weighted by atomic mass is 35.5. The molecular weight excluding hydrogens is 402 g/mol. The van der Waals surface area contributed by atoms with E-state index in [-0.39, 0.29) is 5.91 Å². The second-order valence-corrected chi connectivity index (χ2v) is 8.07. The Balaban J connectivity index is 1.95. The molecule has 3 rings (SSSR count). The molecule has 1 heterocycles. The van der Waals surface area contributed by atoms with Gasteiger partial charge in [0.2, 0.25) is 5.91 Å². The molecule has 2 N–H and O–H groups in total. The Bertz CT molecular complexity index is 942. The van der Waals surface area contributed by atoms with Gasteiger partial charge in [-0.25, -0.2) is 4.98 Å². The van der Waals surface area contributed by atoms with Gasteiger partial charge in [0.05, 0.1) is 6.33 Å². The van der Waals surface area contributed by atoms with Crippen LogP contribution in [0.3, 0.4) is 0 Å². The standard InChI is InChI=1S/C23H26ClN3O3/c1-23(2,22(24)29)19(20(28)25-3)21(27-14-13-26-15-27)30-18-11-9-17(10-12-18)16-7-5-4-6-8-16/h4-15,19,21-22,29H,1-3H3,(H,25,28). The summed E-state index contributed by atoms with van der Waals surface area (Å²) in [6, 6.07) is 17.7. The van der Waals surface area contributed by atoms with Gasteiger partial charge in [-0.3, -0.25) is 4.79 Å². The van der Waals surface area contributed by atoms with Crippen molar-refractivity contribution in [3.05, 3.63) is 73.3 Å². The molecule has 0 radical (unpaired) electrons. The topological polar surface area (TPSA) is 76.4 Å². The molecule has 158 valence electrons. The number of hydrogen-bond acceptors (Lipinski definition) is 4. The Morgan fingerprint density at radius 1 is 1.13 bits per heavy atom. The maximum absolute atomic E-state index is 12.8. The van der Waals surface area contributed by atoms with E-state index >= 15 is 0 Å². The second-order valence-electron chi connectivity index (χ2n) is 7.66. The predicted octanol–water partition coefficient (Wildman–Crippen LogP) is 4.07. The molecule has 6 nitrogen and oxygen atoms in total. The van der Waals surface area contributed by atoms with E-state index in [9.17, 15) is 9.90 Å². The number of aliphatic hydroxyl groups is 1. The molecule has 0 saturated heterocycles. The Morgan fingerprint density at radius 2 is 1.77 bits per heavy atom. The van der Waals surface area contributed by atoms with Gasteiger partial charge >= 0.3 is 0 Å². The molecule has 0 aliphatic rings. The van der Waals surface area contributed by atoms with Crippen LogP contribution in [0.5, 0.6) is 5.75 Å². The minimum Gasteiger partial charge on any atom is -0.469 e. The summed E-state index contributed by atoms with van der Waals surface area (Å²) in [5, 5.41) is 12.8. The van der Waals surface area contributed by atoms with Crippen molar-refractivity contribution in [1.82, 2.24) is 14.9 Å². The average molecular weight is 428 g/mol. The van der Waals surface area contributed by atoms with Gasteiger partial charge in [0.1, 0.15) is 17.2 Å². The van der Waals surface area contributed by atoms with Crippen LogP contribution in [0.1, 0.15) is 20.1 Å². The van der Waals surface area contributed by atoms with Crippen molar-refractivity contribution in [1.29, 1.82) is 0 Å². The van der Waals surface area contributed by atoms with Crippen LogP contribution in [0.4, 0.5) is 0 Å². The number of carbonyl (C=O) groups excluding carboxylic acids is 1. The van der Waals surface area contributed by atoms with Gasteiger partial charge in [0.25, 0.3) is 0 Å². The maximum Gasteiger partial charge on any atom is 0.229 e. The molecule has 30 heavy (non-hydrogen) atoms. The highest BCUT2D eigenvalue weighted by Gasteiger charge is 2.46. The third-order valence-corrected chi connectivity index (χ3v) is 5.83. The Labute approximate surface area is 181 Å². The lowest BCUT2D eigenvalue weighted by Gasteiger charge is -2.39. The zero-order valence-corrected chi connectivity index (χ0v) is 18.0. The quantitative estimate of drug-likeness (QED) is 0.531. The second kappa shape index (κ2) is 9.32. The van der Waals surface area contributed by atoms with Crippen molar-refractivity contribution >= 4 is 17.5 Å². The summed E-state index contributed by atoms with van der Waals surface area (Å²) < 4.78 is 7.96. The smallest absolute Gasteiger partial charge is 0.229 e. The third-order valence-electron chi connectivity index (χ3n) is 5.27. The van der Waals surface area contributed by atoms with Crippen LogP contribution < -0.4 is 10.1 Å². The number of halogens is 1. The van der Waals surface area contributed by atoms with Crippen LogP contribution in [0, 0.1) is 11.3 Å². The molecule has 3 aromatic rings. The number of nitrogens with one attached hydrogen (secondary N) is 1. The normalized spacial score (nSPS) is 14.6. The molecule has 0 aliphatic carbocycles. The van der Waals surface area contributed by atoms with Gasteiger partial charge < -0.3 is 19.7 Å². The largest absolute Gasteiger partial charge is 0.469 e. The first-order valence-corrected chi connectivity index (χ1v) is 10.1. The number of rotatable bonds is 8. The van der Waals surface area contributed by atoms with E-state index in [1.807, 2.05) is 54.6 Å². The van der Waals surface area contributed by atoms with Crippen molar-refractivity contribution in [3.63, 3.8) is 0 Å². The van der Waals surface area contributed by atoms with E-state index in [0.717, 1.165) is 11.1 Å².